The predicted octanol–water partition coefficient (Wildman–Crippen LogP) is 3.61. The Bertz CT molecular complexity index is 487. The monoisotopic (exact) mass is 444 g/mol. The Balaban J connectivity index is 0.00000288. The maximum Gasteiger partial charge on any atom is 0.191 e. The molecule has 1 aromatic rings. The number of rotatable bonds is 6. The van der Waals surface area contributed by atoms with E-state index in [4.69, 9.17) is 0 Å². The van der Waals surface area contributed by atoms with Crippen molar-refractivity contribution in [3.8, 4) is 0 Å². The molecule has 1 aliphatic rings. The maximum absolute atomic E-state index is 4.23. The van der Waals surface area contributed by atoms with Crippen molar-refractivity contribution in [1.29, 1.82) is 0 Å². The van der Waals surface area contributed by atoms with E-state index in [-0.39, 0.29) is 24.0 Å². The lowest BCUT2D eigenvalue weighted by atomic mass is 9.99. The molecule has 136 valence electrons. The van der Waals surface area contributed by atoms with Crippen molar-refractivity contribution in [3.05, 3.63) is 35.4 Å². The molecule has 0 amide bonds. The molecule has 1 aromatic carbocycles. The summed E-state index contributed by atoms with van der Waals surface area (Å²) in [6.45, 7) is 9.84. The third kappa shape index (κ3) is 7.38. The molecular weight excluding hydrogens is 411 g/mol. The van der Waals surface area contributed by atoms with Gasteiger partial charge in [0.05, 0.1) is 0 Å². The second kappa shape index (κ2) is 11.7. The van der Waals surface area contributed by atoms with Crippen LogP contribution in [0.5, 0.6) is 0 Å². The molecule has 0 bridgehead atoms. The number of guanidine groups is 1. The quantitative estimate of drug-likeness (QED) is 0.400. The molecule has 1 atom stereocenters. The molecule has 1 unspecified atom stereocenters. The zero-order chi connectivity index (χ0) is 16.5. The van der Waals surface area contributed by atoms with Crippen LogP contribution in [0.15, 0.2) is 29.3 Å². The average Bonchev–Trinajstić information content (AvgIpc) is 2.56. The highest BCUT2D eigenvalue weighted by Crippen LogP contribution is 2.18. The lowest BCUT2D eigenvalue weighted by molar-refractivity contribution is 0.176. The van der Waals surface area contributed by atoms with Crippen molar-refractivity contribution < 1.29 is 0 Å². The largest absolute Gasteiger partial charge is 0.356 e. The number of hydrogen-bond donors (Lipinski definition) is 2. The highest BCUT2D eigenvalue weighted by molar-refractivity contribution is 14.0. The van der Waals surface area contributed by atoms with Gasteiger partial charge in [-0.25, -0.2) is 0 Å². The first-order valence-electron chi connectivity index (χ1n) is 8.96. The molecule has 1 aliphatic heterocycles. The van der Waals surface area contributed by atoms with Gasteiger partial charge in [0.1, 0.15) is 0 Å². The molecule has 0 spiro atoms. The summed E-state index contributed by atoms with van der Waals surface area (Å²) in [5.41, 5.74) is 2.71. The Labute approximate surface area is 164 Å². The van der Waals surface area contributed by atoms with Gasteiger partial charge in [0.15, 0.2) is 5.96 Å². The zero-order valence-electron chi connectivity index (χ0n) is 15.3. The SMILES string of the molecule is CCCNC(=NC)NCc1ccc(CN2CCCC(C)C2)cc1.I. The van der Waals surface area contributed by atoms with E-state index in [9.17, 15) is 0 Å². The fourth-order valence-corrected chi connectivity index (χ4v) is 3.10. The normalized spacial score (nSPS) is 18.8. The third-order valence-corrected chi connectivity index (χ3v) is 4.40. The van der Waals surface area contributed by atoms with Crippen LogP contribution in [0.4, 0.5) is 0 Å². The summed E-state index contributed by atoms with van der Waals surface area (Å²) in [5.74, 6) is 1.72. The van der Waals surface area contributed by atoms with E-state index >= 15 is 0 Å². The van der Waals surface area contributed by atoms with Gasteiger partial charge in [0.2, 0.25) is 0 Å². The van der Waals surface area contributed by atoms with E-state index in [2.05, 4.69) is 58.6 Å². The second-order valence-electron chi connectivity index (χ2n) is 6.65. The Hall–Kier alpha value is -0.820. The highest BCUT2D eigenvalue weighted by atomic mass is 127. The van der Waals surface area contributed by atoms with E-state index in [0.29, 0.717) is 0 Å². The third-order valence-electron chi connectivity index (χ3n) is 4.40. The summed E-state index contributed by atoms with van der Waals surface area (Å²) in [4.78, 5) is 6.81. The minimum absolute atomic E-state index is 0. The van der Waals surface area contributed by atoms with Crippen LogP contribution in [0.25, 0.3) is 0 Å². The molecule has 1 heterocycles. The van der Waals surface area contributed by atoms with E-state index < -0.39 is 0 Å². The van der Waals surface area contributed by atoms with Crippen molar-refractivity contribution in [2.75, 3.05) is 26.7 Å². The van der Waals surface area contributed by atoms with Crippen LogP contribution >= 0.6 is 24.0 Å². The maximum atomic E-state index is 4.23. The van der Waals surface area contributed by atoms with Crippen LogP contribution in [0.3, 0.4) is 0 Å². The van der Waals surface area contributed by atoms with Crippen LogP contribution in [0.1, 0.15) is 44.2 Å². The molecule has 0 radical (unpaired) electrons. The van der Waals surface area contributed by atoms with Gasteiger partial charge in [-0.3, -0.25) is 9.89 Å². The van der Waals surface area contributed by atoms with Crippen LogP contribution < -0.4 is 10.6 Å². The van der Waals surface area contributed by atoms with Crippen LogP contribution in [-0.4, -0.2) is 37.5 Å². The first kappa shape index (κ1) is 21.2. The first-order chi connectivity index (χ1) is 11.2. The number of piperidine rings is 1. The Morgan fingerprint density at radius 2 is 1.92 bits per heavy atom. The number of halogens is 1. The number of likely N-dealkylation sites (tertiary alicyclic amines) is 1. The average molecular weight is 444 g/mol. The molecule has 1 fully saturated rings. The van der Waals surface area contributed by atoms with Gasteiger partial charge >= 0.3 is 0 Å². The molecule has 2 N–H and O–H groups in total. The fourth-order valence-electron chi connectivity index (χ4n) is 3.10. The van der Waals surface area contributed by atoms with Crippen molar-refractivity contribution in [2.45, 2.75) is 46.2 Å². The number of nitrogens with zero attached hydrogens (tertiary/aromatic N) is 2. The van der Waals surface area contributed by atoms with Crippen molar-refractivity contribution in [3.63, 3.8) is 0 Å². The Kier molecular flexibility index (Phi) is 10.3. The zero-order valence-corrected chi connectivity index (χ0v) is 17.7. The van der Waals surface area contributed by atoms with Crippen LogP contribution in [-0.2, 0) is 13.1 Å². The molecule has 1 saturated heterocycles. The minimum atomic E-state index is 0. The summed E-state index contributed by atoms with van der Waals surface area (Å²) in [5, 5.41) is 6.65. The van der Waals surface area contributed by atoms with Crippen LogP contribution in [0, 0.1) is 5.92 Å². The summed E-state index contributed by atoms with van der Waals surface area (Å²) in [6, 6.07) is 8.97. The van der Waals surface area contributed by atoms with E-state index in [0.717, 1.165) is 37.9 Å². The predicted molar refractivity (Wildman–Crippen MR) is 114 cm³/mol. The number of aliphatic imine (C=N–C) groups is 1. The van der Waals surface area contributed by atoms with Gasteiger partial charge in [-0.1, -0.05) is 38.1 Å². The summed E-state index contributed by atoms with van der Waals surface area (Å²) in [7, 11) is 1.81. The topological polar surface area (TPSA) is 39.7 Å². The van der Waals surface area contributed by atoms with Crippen molar-refractivity contribution in [1.82, 2.24) is 15.5 Å². The minimum Gasteiger partial charge on any atom is -0.356 e. The standard InChI is InChI=1S/C19H32N4.HI/c1-4-11-21-19(20-3)22-13-17-7-9-18(10-8-17)15-23-12-5-6-16(2)14-23;/h7-10,16H,4-6,11-15H2,1-3H3,(H2,20,21,22);1H. The van der Waals surface area contributed by atoms with Crippen molar-refractivity contribution >= 4 is 29.9 Å². The van der Waals surface area contributed by atoms with Gasteiger partial charge in [-0.15, -0.1) is 24.0 Å². The molecular formula is C19H33IN4. The van der Waals surface area contributed by atoms with Gasteiger partial charge < -0.3 is 10.6 Å². The van der Waals surface area contributed by atoms with Gasteiger partial charge in [-0.2, -0.15) is 0 Å². The molecule has 0 aromatic heterocycles. The van der Waals surface area contributed by atoms with Gasteiger partial charge in [0.25, 0.3) is 0 Å². The first-order valence-corrected chi connectivity index (χ1v) is 8.96. The number of nitrogens with one attached hydrogen (secondary N) is 2. The van der Waals surface area contributed by atoms with E-state index in [1.54, 1.807) is 0 Å². The van der Waals surface area contributed by atoms with E-state index in [1.807, 2.05) is 7.05 Å². The summed E-state index contributed by atoms with van der Waals surface area (Å²) in [6.07, 6.45) is 3.83. The second-order valence-corrected chi connectivity index (χ2v) is 6.65. The smallest absolute Gasteiger partial charge is 0.191 e. The molecule has 0 saturated carbocycles. The Morgan fingerprint density at radius 1 is 1.21 bits per heavy atom. The number of benzene rings is 1. The molecule has 24 heavy (non-hydrogen) atoms. The molecule has 2 rings (SSSR count). The lowest BCUT2D eigenvalue weighted by Crippen LogP contribution is -2.37. The Morgan fingerprint density at radius 3 is 2.54 bits per heavy atom. The van der Waals surface area contributed by atoms with Gasteiger partial charge in [0, 0.05) is 33.2 Å². The van der Waals surface area contributed by atoms with Gasteiger partial charge in [-0.05, 0) is 42.9 Å². The van der Waals surface area contributed by atoms with Crippen LogP contribution in [0.2, 0.25) is 0 Å². The molecule has 4 nitrogen and oxygen atoms in total. The lowest BCUT2D eigenvalue weighted by Gasteiger charge is -2.30. The summed E-state index contributed by atoms with van der Waals surface area (Å²) >= 11 is 0. The van der Waals surface area contributed by atoms with Crippen molar-refractivity contribution in [2.24, 2.45) is 10.9 Å². The van der Waals surface area contributed by atoms with E-state index in [1.165, 1.54) is 37.1 Å². The highest BCUT2D eigenvalue weighted by Gasteiger charge is 2.15. The summed E-state index contributed by atoms with van der Waals surface area (Å²) < 4.78 is 0. The fraction of sp³-hybridized carbons (Fsp3) is 0.632. The molecule has 5 heteroatoms. The molecule has 0 aliphatic carbocycles. The number of hydrogen-bond acceptors (Lipinski definition) is 2.